The van der Waals surface area contributed by atoms with Gasteiger partial charge in [-0.05, 0) is 67.9 Å². The average Bonchev–Trinajstić information content (AvgIpc) is 3.33. The van der Waals surface area contributed by atoms with Crippen molar-refractivity contribution < 1.29 is 14.3 Å². The largest absolute Gasteiger partial charge is 0.497 e. The van der Waals surface area contributed by atoms with Crippen LogP contribution in [0.2, 0.25) is 0 Å². The molecule has 1 aliphatic heterocycles. The molecule has 3 heterocycles. The van der Waals surface area contributed by atoms with E-state index in [1.54, 1.807) is 36.3 Å². The van der Waals surface area contributed by atoms with Crippen LogP contribution in [-0.2, 0) is 4.79 Å². The summed E-state index contributed by atoms with van der Waals surface area (Å²) in [6.07, 6.45) is 3.27. The lowest BCUT2D eigenvalue weighted by Gasteiger charge is -2.28. The highest BCUT2D eigenvalue weighted by atomic mass is 16.5. The molecule has 1 atom stereocenters. The van der Waals surface area contributed by atoms with Gasteiger partial charge in [0, 0.05) is 17.5 Å². The van der Waals surface area contributed by atoms with Gasteiger partial charge in [-0.1, -0.05) is 12.1 Å². The second-order valence-corrected chi connectivity index (χ2v) is 8.20. The zero-order valence-corrected chi connectivity index (χ0v) is 20.2. The van der Waals surface area contributed by atoms with Gasteiger partial charge >= 0.3 is 0 Å². The van der Waals surface area contributed by atoms with Crippen LogP contribution in [0.5, 0.6) is 11.5 Å². The molecule has 2 N–H and O–H groups in total. The standard InChI is InChI=1S/C27H26N6O3/c1-4-36-22-13-7-18(8-14-22)24-23(26(34)30-20-6-5-15-28-16-20)17(2)29-27-31-25(32-33(24)27)19-9-11-21(35-3)12-10-19/h5-16,24H,4H2,1-3H3,(H,30,34)(H,29,31,32)/t24-/m1/s1. The maximum absolute atomic E-state index is 13.6. The molecule has 9 heteroatoms. The number of carbonyl (C=O) groups is 1. The van der Waals surface area contributed by atoms with E-state index in [4.69, 9.17) is 19.6 Å². The summed E-state index contributed by atoms with van der Waals surface area (Å²) in [6, 6.07) is 18.3. The van der Waals surface area contributed by atoms with Gasteiger partial charge in [-0.25, -0.2) is 4.68 Å². The number of fused-ring (bicyclic) bond motifs is 1. The molecule has 1 aliphatic rings. The third-order valence-corrected chi connectivity index (χ3v) is 5.87. The van der Waals surface area contributed by atoms with Crippen molar-refractivity contribution in [2.24, 2.45) is 0 Å². The molecule has 182 valence electrons. The first kappa shape index (κ1) is 23.1. The van der Waals surface area contributed by atoms with E-state index in [-0.39, 0.29) is 5.91 Å². The maximum Gasteiger partial charge on any atom is 0.255 e. The molecule has 4 aromatic rings. The molecule has 2 aromatic heterocycles. The maximum atomic E-state index is 13.6. The van der Waals surface area contributed by atoms with E-state index in [1.807, 2.05) is 62.4 Å². The number of benzene rings is 2. The Morgan fingerprint density at radius 2 is 1.83 bits per heavy atom. The predicted octanol–water partition coefficient (Wildman–Crippen LogP) is 4.68. The van der Waals surface area contributed by atoms with Crippen molar-refractivity contribution >= 4 is 17.5 Å². The number of nitrogens with one attached hydrogen (secondary N) is 2. The van der Waals surface area contributed by atoms with Gasteiger partial charge in [-0.2, -0.15) is 4.98 Å². The molecule has 0 bridgehead atoms. The Bertz CT molecular complexity index is 1400. The van der Waals surface area contributed by atoms with Crippen LogP contribution in [0, 0.1) is 0 Å². The first-order valence-corrected chi connectivity index (χ1v) is 11.6. The van der Waals surface area contributed by atoms with Gasteiger partial charge in [0.25, 0.3) is 5.91 Å². The molecule has 5 rings (SSSR count). The summed E-state index contributed by atoms with van der Waals surface area (Å²) in [7, 11) is 1.63. The van der Waals surface area contributed by atoms with Crippen molar-refractivity contribution in [2.75, 3.05) is 24.4 Å². The summed E-state index contributed by atoms with van der Waals surface area (Å²) >= 11 is 0. The molecule has 0 radical (unpaired) electrons. The second-order valence-electron chi connectivity index (χ2n) is 8.20. The number of carbonyl (C=O) groups excluding carboxylic acids is 1. The molecular weight excluding hydrogens is 456 g/mol. The van der Waals surface area contributed by atoms with Crippen LogP contribution in [0.1, 0.15) is 25.5 Å². The Hall–Kier alpha value is -4.66. The highest BCUT2D eigenvalue weighted by molar-refractivity contribution is 6.05. The SMILES string of the molecule is CCOc1ccc([C@@H]2C(C(=O)Nc3cccnc3)=C(C)Nc3nc(-c4ccc(OC)cc4)nn32)cc1. The Kier molecular flexibility index (Phi) is 6.36. The summed E-state index contributed by atoms with van der Waals surface area (Å²) in [4.78, 5) is 22.4. The van der Waals surface area contributed by atoms with Gasteiger partial charge in [0.05, 0.1) is 31.2 Å². The lowest BCUT2D eigenvalue weighted by Crippen LogP contribution is -2.31. The molecule has 9 nitrogen and oxygen atoms in total. The van der Waals surface area contributed by atoms with E-state index in [0.717, 1.165) is 22.6 Å². The lowest BCUT2D eigenvalue weighted by molar-refractivity contribution is -0.113. The average molecular weight is 483 g/mol. The predicted molar refractivity (Wildman–Crippen MR) is 137 cm³/mol. The van der Waals surface area contributed by atoms with Crippen LogP contribution in [0.15, 0.2) is 84.3 Å². The van der Waals surface area contributed by atoms with Crippen LogP contribution < -0.4 is 20.1 Å². The van der Waals surface area contributed by atoms with Crippen molar-refractivity contribution in [3.63, 3.8) is 0 Å². The summed E-state index contributed by atoms with van der Waals surface area (Å²) in [5.74, 6) is 2.35. The number of hydrogen-bond donors (Lipinski definition) is 2. The highest BCUT2D eigenvalue weighted by Gasteiger charge is 2.34. The molecule has 36 heavy (non-hydrogen) atoms. The van der Waals surface area contributed by atoms with Crippen molar-refractivity contribution in [1.29, 1.82) is 0 Å². The number of amides is 1. The van der Waals surface area contributed by atoms with E-state index in [2.05, 4.69) is 15.6 Å². The minimum Gasteiger partial charge on any atom is -0.497 e. The first-order valence-electron chi connectivity index (χ1n) is 11.6. The summed E-state index contributed by atoms with van der Waals surface area (Å²) in [5.41, 5.74) is 3.54. The number of methoxy groups -OCH3 is 1. The summed E-state index contributed by atoms with van der Waals surface area (Å²) < 4.78 is 12.6. The lowest BCUT2D eigenvalue weighted by atomic mass is 9.95. The number of allylic oxidation sites excluding steroid dienone is 1. The first-order chi connectivity index (χ1) is 17.6. The van der Waals surface area contributed by atoms with Crippen LogP contribution in [-0.4, -0.2) is 39.4 Å². The van der Waals surface area contributed by atoms with Crippen LogP contribution >= 0.6 is 0 Å². The van der Waals surface area contributed by atoms with Gasteiger partial charge < -0.3 is 20.1 Å². The van der Waals surface area contributed by atoms with Gasteiger partial charge in [0.15, 0.2) is 5.82 Å². The third kappa shape index (κ3) is 4.50. The third-order valence-electron chi connectivity index (χ3n) is 5.87. The number of nitrogens with zero attached hydrogens (tertiary/aromatic N) is 4. The fourth-order valence-corrected chi connectivity index (χ4v) is 4.16. The van der Waals surface area contributed by atoms with Crippen molar-refractivity contribution in [3.05, 3.63) is 89.9 Å². The fourth-order valence-electron chi connectivity index (χ4n) is 4.16. The molecule has 0 unspecified atom stereocenters. The Morgan fingerprint density at radius 3 is 2.50 bits per heavy atom. The number of ether oxygens (including phenoxy) is 2. The molecular formula is C27H26N6O3. The number of hydrogen-bond acceptors (Lipinski definition) is 7. The number of aromatic nitrogens is 4. The van der Waals surface area contributed by atoms with Crippen molar-refractivity contribution in [3.8, 4) is 22.9 Å². The zero-order chi connectivity index (χ0) is 25.1. The minimum atomic E-state index is -0.506. The number of pyridine rings is 1. The number of anilines is 2. The molecule has 0 aliphatic carbocycles. The molecule has 0 spiro atoms. The number of rotatable bonds is 7. The normalized spacial score (nSPS) is 14.6. The minimum absolute atomic E-state index is 0.251. The quantitative estimate of drug-likeness (QED) is 0.394. The molecule has 1 amide bonds. The molecule has 0 saturated heterocycles. The Labute approximate surface area is 208 Å². The Morgan fingerprint density at radius 1 is 1.08 bits per heavy atom. The zero-order valence-electron chi connectivity index (χ0n) is 20.2. The monoisotopic (exact) mass is 482 g/mol. The van der Waals surface area contributed by atoms with Gasteiger partial charge in [0.1, 0.15) is 17.5 Å². The van der Waals surface area contributed by atoms with Crippen LogP contribution in [0.4, 0.5) is 11.6 Å². The summed E-state index contributed by atoms with van der Waals surface area (Å²) in [6.45, 7) is 4.38. The van der Waals surface area contributed by atoms with Gasteiger partial charge in [-0.3, -0.25) is 9.78 Å². The molecule has 0 fully saturated rings. The topological polar surface area (TPSA) is 103 Å². The molecule has 0 saturated carbocycles. The molecule has 2 aromatic carbocycles. The second kappa shape index (κ2) is 9.91. The van der Waals surface area contributed by atoms with Gasteiger partial charge in [-0.15, -0.1) is 5.10 Å². The van der Waals surface area contributed by atoms with Gasteiger partial charge in [0.2, 0.25) is 5.95 Å². The van der Waals surface area contributed by atoms with Crippen LogP contribution in [0.3, 0.4) is 0 Å². The van der Waals surface area contributed by atoms with E-state index in [9.17, 15) is 4.79 Å². The van der Waals surface area contributed by atoms with E-state index in [0.29, 0.717) is 35.3 Å². The Balaban J connectivity index is 1.57. The van der Waals surface area contributed by atoms with Crippen LogP contribution in [0.25, 0.3) is 11.4 Å². The van der Waals surface area contributed by atoms with E-state index < -0.39 is 6.04 Å². The summed E-state index contributed by atoms with van der Waals surface area (Å²) in [5, 5.41) is 11.0. The van der Waals surface area contributed by atoms with E-state index >= 15 is 0 Å². The van der Waals surface area contributed by atoms with Crippen molar-refractivity contribution in [2.45, 2.75) is 19.9 Å². The van der Waals surface area contributed by atoms with E-state index in [1.165, 1.54) is 0 Å². The fraction of sp³-hybridized carbons (Fsp3) is 0.185. The van der Waals surface area contributed by atoms with Crippen molar-refractivity contribution in [1.82, 2.24) is 19.7 Å². The smallest absolute Gasteiger partial charge is 0.255 e. The highest BCUT2D eigenvalue weighted by Crippen LogP contribution is 2.37.